The number of hydrogen-bond acceptors (Lipinski definition) is 1. The highest BCUT2D eigenvalue weighted by Crippen LogP contribution is 2.20. The molecule has 0 heterocycles. The van der Waals surface area contributed by atoms with Gasteiger partial charge in [-0.2, -0.15) is 0 Å². The zero-order chi connectivity index (χ0) is 17.3. The van der Waals surface area contributed by atoms with E-state index in [1.54, 1.807) is 0 Å². The maximum Gasteiger partial charge on any atom is 0.0790 e. The smallest absolute Gasteiger partial charge is 0.0790 e. The number of benzene rings is 1. The van der Waals surface area contributed by atoms with Crippen molar-refractivity contribution >= 4 is 0 Å². The van der Waals surface area contributed by atoms with E-state index in [1.807, 2.05) is 30.3 Å². The first-order valence-electron chi connectivity index (χ1n) is 10.6. The molecule has 0 bridgehead atoms. The molecule has 0 aliphatic rings. The van der Waals surface area contributed by atoms with Gasteiger partial charge in [-0.3, -0.25) is 0 Å². The lowest BCUT2D eigenvalue weighted by Crippen LogP contribution is -1.96. The predicted molar refractivity (Wildman–Crippen MR) is 106 cm³/mol. The third-order valence-electron chi connectivity index (χ3n) is 5.02. The Kier molecular flexibility index (Phi) is 13.9. The Labute approximate surface area is 150 Å². The number of rotatable bonds is 16. The Bertz CT molecular complexity index is 360. The maximum atomic E-state index is 10.1. The molecule has 0 fully saturated rings. The predicted octanol–water partition coefficient (Wildman–Crippen LogP) is 7.59. The summed E-state index contributed by atoms with van der Waals surface area (Å²) in [5.74, 6) is 0. The van der Waals surface area contributed by atoms with Crippen molar-refractivity contribution < 1.29 is 5.11 Å². The average molecular weight is 333 g/mol. The molecule has 1 nitrogen and oxygen atoms in total. The van der Waals surface area contributed by atoms with Gasteiger partial charge in [-0.1, -0.05) is 127 Å². The summed E-state index contributed by atoms with van der Waals surface area (Å²) in [6.45, 7) is 2.28. The lowest BCUT2D eigenvalue weighted by Gasteiger charge is -2.10. The molecule has 1 N–H and O–H groups in total. The number of aliphatic hydroxyl groups is 1. The van der Waals surface area contributed by atoms with Crippen LogP contribution < -0.4 is 0 Å². The summed E-state index contributed by atoms with van der Waals surface area (Å²) >= 11 is 0. The average Bonchev–Trinajstić information content (AvgIpc) is 2.62. The Morgan fingerprint density at radius 3 is 1.50 bits per heavy atom. The van der Waals surface area contributed by atoms with Gasteiger partial charge in [0.15, 0.2) is 0 Å². The molecule has 0 aliphatic carbocycles. The lowest BCUT2D eigenvalue weighted by molar-refractivity contribution is 0.163. The third kappa shape index (κ3) is 11.7. The van der Waals surface area contributed by atoms with Gasteiger partial charge in [-0.25, -0.2) is 0 Å². The van der Waals surface area contributed by atoms with E-state index in [9.17, 15) is 5.11 Å². The van der Waals surface area contributed by atoms with Gasteiger partial charge >= 0.3 is 0 Å². The lowest BCUT2D eigenvalue weighted by atomic mass is 10.0. The van der Waals surface area contributed by atoms with Crippen LogP contribution in [0.15, 0.2) is 30.3 Å². The van der Waals surface area contributed by atoms with Crippen LogP contribution in [0, 0.1) is 0 Å². The standard InChI is InChI=1S/C23H40O/c1-2-3-4-5-6-7-8-9-10-11-12-13-14-18-21-23(24)22-19-16-15-17-20-22/h15-17,19-20,23-24H,2-14,18,21H2,1H3. The topological polar surface area (TPSA) is 20.2 Å². The maximum absolute atomic E-state index is 10.1. The monoisotopic (exact) mass is 332 g/mol. The molecule has 1 aromatic rings. The zero-order valence-corrected chi connectivity index (χ0v) is 16.0. The Morgan fingerprint density at radius 1 is 0.625 bits per heavy atom. The minimum atomic E-state index is -0.275. The molecular formula is C23H40O. The largest absolute Gasteiger partial charge is 0.388 e. The molecule has 1 heteroatoms. The van der Waals surface area contributed by atoms with Gasteiger partial charge in [0, 0.05) is 0 Å². The van der Waals surface area contributed by atoms with Crippen molar-refractivity contribution in [1.29, 1.82) is 0 Å². The fourth-order valence-corrected chi connectivity index (χ4v) is 3.37. The van der Waals surface area contributed by atoms with Crippen molar-refractivity contribution in [2.24, 2.45) is 0 Å². The molecule has 1 atom stereocenters. The highest BCUT2D eigenvalue weighted by Gasteiger charge is 2.05. The fourth-order valence-electron chi connectivity index (χ4n) is 3.37. The summed E-state index contributed by atoms with van der Waals surface area (Å²) in [6, 6.07) is 10.1. The van der Waals surface area contributed by atoms with Gasteiger partial charge in [-0.15, -0.1) is 0 Å². The number of aliphatic hydroxyl groups excluding tert-OH is 1. The molecule has 0 saturated carbocycles. The Morgan fingerprint density at radius 2 is 1.04 bits per heavy atom. The minimum Gasteiger partial charge on any atom is -0.388 e. The minimum absolute atomic E-state index is 0.275. The molecule has 138 valence electrons. The van der Waals surface area contributed by atoms with Crippen LogP contribution in [0.1, 0.15) is 115 Å². The van der Waals surface area contributed by atoms with Crippen molar-refractivity contribution in [3.8, 4) is 0 Å². The van der Waals surface area contributed by atoms with E-state index in [-0.39, 0.29) is 6.10 Å². The summed E-state index contributed by atoms with van der Waals surface area (Å²) < 4.78 is 0. The summed E-state index contributed by atoms with van der Waals surface area (Å²) in [4.78, 5) is 0. The van der Waals surface area contributed by atoms with Crippen molar-refractivity contribution in [2.45, 2.75) is 109 Å². The molecule has 0 aliphatic heterocycles. The van der Waals surface area contributed by atoms with Crippen LogP contribution >= 0.6 is 0 Å². The van der Waals surface area contributed by atoms with E-state index in [1.165, 1.54) is 83.5 Å². The van der Waals surface area contributed by atoms with E-state index in [4.69, 9.17) is 0 Å². The van der Waals surface area contributed by atoms with Crippen LogP contribution in [-0.4, -0.2) is 5.11 Å². The second-order valence-corrected chi connectivity index (χ2v) is 7.31. The highest BCUT2D eigenvalue weighted by molar-refractivity contribution is 5.16. The second kappa shape index (κ2) is 15.7. The second-order valence-electron chi connectivity index (χ2n) is 7.31. The van der Waals surface area contributed by atoms with Crippen LogP contribution in [-0.2, 0) is 0 Å². The molecular weight excluding hydrogens is 292 g/mol. The van der Waals surface area contributed by atoms with Crippen LogP contribution in [0.2, 0.25) is 0 Å². The summed E-state index contributed by atoms with van der Waals surface area (Å²) in [7, 11) is 0. The molecule has 0 spiro atoms. The van der Waals surface area contributed by atoms with E-state index in [0.29, 0.717) is 0 Å². The molecule has 1 rings (SSSR count). The van der Waals surface area contributed by atoms with E-state index in [0.717, 1.165) is 18.4 Å². The normalized spacial score (nSPS) is 12.4. The molecule has 0 radical (unpaired) electrons. The van der Waals surface area contributed by atoms with Gasteiger partial charge < -0.3 is 5.11 Å². The summed E-state index contributed by atoms with van der Waals surface area (Å²) in [5.41, 5.74) is 1.06. The number of hydrogen-bond donors (Lipinski definition) is 1. The van der Waals surface area contributed by atoms with Crippen molar-refractivity contribution in [3.05, 3.63) is 35.9 Å². The first-order chi connectivity index (χ1) is 11.8. The molecule has 24 heavy (non-hydrogen) atoms. The van der Waals surface area contributed by atoms with Gasteiger partial charge in [-0.05, 0) is 12.0 Å². The Balaban J connectivity index is 1.79. The van der Waals surface area contributed by atoms with Gasteiger partial charge in [0.25, 0.3) is 0 Å². The summed E-state index contributed by atoms with van der Waals surface area (Å²) in [5, 5.41) is 10.1. The van der Waals surface area contributed by atoms with Gasteiger partial charge in [0.2, 0.25) is 0 Å². The number of unbranched alkanes of at least 4 members (excludes halogenated alkanes) is 13. The Hall–Kier alpha value is -0.820. The van der Waals surface area contributed by atoms with Crippen molar-refractivity contribution in [3.63, 3.8) is 0 Å². The van der Waals surface area contributed by atoms with Crippen LogP contribution in [0.4, 0.5) is 0 Å². The van der Waals surface area contributed by atoms with Crippen molar-refractivity contribution in [2.75, 3.05) is 0 Å². The van der Waals surface area contributed by atoms with Crippen LogP contribution in [0.3, 0.4) is 0 Å². The third-order valence-corrected chi connectivity index (χ3v) is 5.02. The van der Waals surface area contributed by atoms with Gasteiger partial charge in [0.05, 0.1) is 6.10 Å². The molecule has 0 saturated heterocycles. The molecule has 1 unspecified atom stereocenters. The first-order valence-corrected chi connectivity index (χ1v) is 10.6. The SMILES string of the molecule is CCCCCCCCCCCCCCCCC(O)c1ccccc1. The van der Waals surface area contributed by atoms with E-state index < -0.39 is 0 Å². The summed E-state index contributed by atoms with van der Waals surface area (Å²) in [6.07, 6.45) is 20.0. The van der Waals surface area contributed by atoms with Crippen LogP contribution in [0.5, 0.6) is 0 Å². The molecule has 1 aromatic carbocycles. The van der Waals surface area contributed by atoms with E-state index >= 15 is 0 Å². The van der Waals surface area contributed by atoms with E-state index in [2.05, 4.69) is 6.92 Å². The first kappa shape index (κ1) is 21.2. The van der Waals surface area contributed by atoms with Crippen LogP contribution in [0.25, 0.3) is 0 Å². The molecule has 0 aromatic heterocycles. The molecule has 0 amide bonds. The van der Waals surface area contributed by atoms with Gasteiger partial charge in [0.1, 0.15) is 0 Å². The quantitative estimate of drug-likeness (QED) is 0.309. The zero-order valence-electron chi connectivity index (χ0n) is 16.0. The fraction of sp³-hybridized carbons (Fsp3) is 0.739. The van der Waals surface area contributed by atoms with Crippen molar-refractivity contribution in [1.82, 2.24) is 0 Å². The highest BCUT2D eigenvalue weighted by atomic mass is 16.3.